The number of carbonyl (C=O) groups excluding carboxylic acids is 2. The van der Waals surface area contributed by atoms with Gasteiger partial charge in [0.2, 0.25) is 11.8 Å². The molecule has 0 aromatic heterocycles. The summed E-state index contributed by atoms with van der Waals surface area (Å²) >= 11 is 0. The zero-order chi connectivity index (χ0) is 29.4. The van der Waals surface area contributed by atoms with Gasteiger partial charge in [0, 0.05) is 12.6 Å². The van der Waals surface area contributed by atoms with Crippen LogP contribution in [-0.2, 0) is 26.2 Å². The van der Waals surface area contributed by atoms with E-state index in [0.29, 0.717) is 12.1 Å². The first-order chi connectivity index (χ1) is 19.0. The number of anilines is 1. The Balaban J connectivity index is 2.08. The smallest absolute Gasteiger partial charge is 0.264 e. The van der Waals surface area contributed by atoms with Crippen LogP contribution in [0.2, 0.25) is 0 Å². The van der Waals surface area contributed by atoms with Crippen LogP contribution >= 0.6 is 0 Å². The fraction of sp³-hybridized carbons (Fsp3) is 0.375. The molecule has 3 aromatic rings. The Morgan fingerprint density at radius 3 is 1.98 bits per heavy atom. The van der Waals surface area contributed by atoms with Crippen molar-refractivity contribution in [2.75, 3.05) is 10.8 Å². The van der Waals surface area contributed by atoms with Crippen LogP contribution in [0.1, 0.15) is 55.9 Å². The minimum atomic E-state index is -4.10. The SMILES string of the molecule is CC[C@H](C)NC(=O)[C@H](CC)N(Cc1ccccc1)C(=O)CN(c1cc(C)cc(C)c1)S(=O)(=O)c1ccc(C)cc1. The minimum absolute atomic E-state index is 0.0519. The zero-order valence-corrected chi connectivity index (χ0v) is 25.2. The zero-order valence-electron chi connectivity index (χ0n) is 24.3. The van der Waals surface area contributed by atoms with Crippen LogP contribution in [0.25, 0.3) is 0 Å². The Morgan fingerprint density at radius 2 is 1.43 bits per heavy atom. The quantitative estimate of drug-likeness (QED) is 0.314. The molecule has 7 nitrogen and oxygen atoms in total. The first kappa shape index (κ1) is 30.9. The summed E-state index contributed by atoms with van der Waals surface area (Å²) in [7, 11) is -4.10. The summed E-state index contributed by atoms with van der Waals surface area (Å²) in [5.74, 6) is -0.703. The van der Waals surface area contributed by atoms with E-state index in [-0.39, 0.29) is 23.4 Å². The lowest BCUT2D eigenvalue weighted by Crippen LogP contribution is -2.53. The largest absolute Gasteiger partial charge is 0.352 e. The number of rotatable bonds is 12. The van der Waals surface area contributed by atoms with Crippen molar-refractivity contribution in [3.8, 4) is 0 Å². The number of aryl methyl sites for hydroxylation is 3. The molecule has 0 saturated heterocycles. The first-order valence-corrected chi connectivity index (χ1v) is 15.2. The van der Waals surface area contributed by atoms with Crippen LogP contribution in [0.15, 0.2) is 77.7 Å². The van der Waals surface area contributed by atoms with Gasteiger partial charge in [0.25, 0.3) is 10.0 Å². The summed E-state index contributed by atoms with van der Waals surface area (Å²) in [6.45, 7) is 11.2. The third-order valence-electron chi connectivity index (χ3n) is 6.96. The molecule has 0 bridgehead atoms. The van der Waals surface area contributed by atoms with E-state index >= 15 is 0 Å². The highest BCUT2D eigenvalue weighted by Crippen LogP contribution is 2.27. The maximum Gasteiger partial charge on any atom is 0.264 e. The monoisotopic (exact) mass is 563 g/mol. The maximum atomic E-state index is 14.1. The molecular weight excluding hydrogens is 522 g/mol. The van der Waals surface area contributed by atoms with Crippen molar-refractivity contribution >= 4 is 27.5 Å². The van der Waals surface area contributed by atoms with Gasteiger partial charge in [-0.15, -0.1) is 0 Å². The Hall–Kier alpha value is -3.65. The summed E-state index contributed by atoms with van der Waals surface area (Å²) in [5.41, 5.74) is 3.95. The number of hydrogen-bond donors (Lipinski definition) is 1. The second-order valence-electron chi connectivity index (χ2n) is 10.4. The van der Waals surface area contributed by atoms with E-state index in [2.05, 4.69) is 5.32 Å². The lowest BCUT2D eigenvalue weighted by Gasteiger charge is -2.34. The molecule has 0 unspecified atom stereocenters. The highest BCUT2D eigenvalue weighted by Gasteiger charge is 2.34. The van der Waals surface area contributed by atoms with Gasteiger partial charge in [-0.1, -0.05) is 67.9 Å². The van der Waals surface area contributed by atoms with E-state index in [9.17, 15) is 18.0 Å². The second-order valence-corrected chi connectivity index (χ2v) is 12.3. The number of amides is 2. The van der Waals surface area contributed by atoms with Crippen LogP contribution < -0.4 is 9.62 Å². The van der Waals surface area contributed by atoms with Gasteiger partial charge in [-0.2, -0.15) is 0 Å². The van der Waals surface area contributed by atoms with Crippen molar-refractivity contribution in [2.45, 2.75) is 77.9 Å². The summed E-state index contributed by atoms with van der Waals surface area (Å²) in [6.07, 6.45) is 1.14. The number of nitrogens with zero attached hydrogens (tertiary/aromatic N) is 2. The van der Waals surface area contributed by atoms with E-state index < -0.39 is 28.5 Å². The molecule has 214 valence electrons. The Bertz CT molecular complexity index is 1390. The summed E-state index contributed by atoms with van der Waals surface area (Å²) in [6, 6.07) is 20.7. The van der Waals surface area contributed by atoms with Crippen LogP contribution in [0, 0.1) is 20.8 Å². The molecule has 0 heterocycles. The lowest BCUT2D eigenvalue weighted by molar-refractivity contribution is -0.140. The van der Waals surface area contributed by atoms with Gasteiger partial charge >= 0.3 is 0 Å². The predicted octanol–water partition coefficient (Wildman–Crippen LogP) is 5.53. The van der Waals surface area contributed by atoms with Gasteiger partial charge in [-0.05, 0) is 81.5 Å². The molecule has 0 aliphatic rings. The Morgan fingerprint density at radius 1 is 0.825 bits per heavy atom. The third-order valence-corrected chi connectivity index (χ3v) is 8.75. The Kier molecular flexibility index (Phi) is 10.5. The van der Waals surface area contributed by atoms with Crippen molar-refractivity contribution in [1.82, 2.24) is 10.2 Å². The Labute approximate surface area is 239 Å². The minimum Gasteiger partial charge on any atom is -0.352 e. The molecule has 0 radical (unpaired) electrons. The summed E-state index contributed by atoms with van der Waals surface area (Å²) in [5, 5.41) is 3.00. The highest BCUT2D eigenvalue weighted by atomic mass is 32.2. The molecule has 3 rings (SSSR count). The van der Waals surface area contributed by atoms with Crippen molar-refractivity contribution in [1.29, 1.82) is 0 Å². The van der Waals surface area contributed by atoms with Crippen LogP contribution in [0.4, 0.5) is 5.69 Å². The average molecular weight is 564 g/mol. The van der Waals surface area contributed by atoms with Gasteiger partial charge in [-0.3, -0.25) is 13.9 Å². The van der Waals surface area contributed by atoms with E-state index in [4.69, 9.17) is 0 Å². The van der Waals surface area contributed by atoms with Crippen LogP contribution in [0.3, 0.4) is 0 Å². The maximum absolute atomic E-state index is 14.1. The molecule has 8 heteroatoms. The summed E-state index contributed by atoms with van der Waals surface area (Å²) in [4.78, 5) is 29.1. The average Bonchev–Trinajstić information content (AvgIpc) is 2.91. The highest BCUT2D eigenvalue weighted by molar-refractivity contribution is 7.92. The predicted molar refractivity (Wildman–Crippen MR) is 161 cm³/mol. The van der Waals surface area contributed by atoms with Gasteiger partial charge in [0.1, 0.15) is 12.6 Å². The molecule has 1 N–H and O–H groups in total. The molecule has 2 amide bonds. The fourth-order valence-corrected chi connectivity index (χ4v) is 6.00. The number of hydrogen-bond acceptors (Lipinski definition) is 4. The normalized spacial score (nSPS) is 12.8. The van der Waals surface area contributed by atoms with Crippen molar-refractivity contribution in [3.63, 3.8) is 0 Å². The van der Waals surface area contributed by atoms with Crippen molar-refractivity contribution in [2.24, 2.45) is 0 Å². The third kappa shape index (κ3) is 7.72. The van der Waals surface area contributed by atoms with E-state index in [1.54, 1.807) is 36.4 Å². The number of benzene rings is 3. The van der Waals surface area contributed by atoms with Gasteiger partial charge in [0.05, 0.1) is 10.6 Å². The van der Waals surface area contributed by atoms with E-state index in [1.807, 2.05) is 77.9 Å². The molecule has 0 spiro atoms. The van der Waals surface area contributed by atoms with Gasteiger partial charge < -0.3 is 10.2 Å². The van der Waals surface area contributed by atoms with Crippen LogP contribution in [-0.4, -0.2) is 43.8 Å². The molecule has 0 aliphatic carbocycles. The van der Waals surface area contributed by atoms with Crippen molar-refractivity contribution in [3.05, 3.63) is 95.1 Å². The molecule has 40 heavy (non-hydrogen) atoms. The molecule has 0 fully saturated rings. The first-order valence-electron chi connectivity index (χ1n) is 13.8. The van der Waals surface area contributed by atoms with E-state index in [1.165, 1.54) is 4.90 Å². The van der Waals surface area contributed by atoms with Crippen molar-refractivity contribution < 1.29 is 18.0 Å². The molecule has 0 aliphatic heterocycles. The van der Waals surface area contributed by atoms with E-state index in [0.717, 1.165) is 33.0 Å². The molecule has 3 aromatic carbocycles. The second kappa shape index (κ2) is 13.6. The lowest BCUT2D eigenvalue weighted by atomic mass is 10.1. The molecular formula is C32H41N3O4S. The number of sulfonamides is 1. The van der Waals surface area contributed by atoms with Gasteiger partial charge in [0.15, 0.2) is 0 Å². The van der Waals surface area contributed by atoms with Gasteiger partial charge in [-0.25, -0.2) is 8.42 Å². The molecule has 0 saturated carbocycles. The topological polar surface area (TPSA) is 86.8 Å². The standard InChI is InChI=1S/C32H41N3O4S/c1-7-26(6)33-32(37)30(8-2)34(21-27-12-10-9-11-13-27)31(36)22-35(28-19-24(4)18-25(5)20-28)40(38,39)29-16-14-23(3)15-17-29/h9-20,26,30H,7-8,21-22H2,1-6H3,(H,33,37)/t26-,30-/m0/s1. The molecule has 2 atom stereocenters. The number of nitrogens with one attached hydrogen (secondary N) is 1. The van der Waals surface area contributed by atoms with Crippen LogP contribution in [0.5, 0.6) is 0 Å². The fourth-order valence-electron chi connectivity index (χ4n) is 4.60. The number of carbonyl (C=O) groups is 2. The summed E-state index contributed by atoms with van der Waals surface area (Å²) < 4.78 is 29.2.